The fourth-order valence-electron chi connectivity index (χ4n) is 2.46. The molecule has 11 heteroatoms. The second-order valence-corrected chi connectivity index (χ2v) is 7.68. The summed E-state index contributed by atoms with van der Waals surface area (Å²) in [6, 6.07) is 4.99. The first kappa shape index (κ1) is 22.4. The number of benzene rings is 1. The Balaban J connectivity index is 2.24. The first-order valence-electron chi connectivity index (χ1n) is 8.31. The molecule has 0 saturated carbocycles. The molecular weight excluding hydrogens is 422 g/mol. The average Bonchev–Trinajstić information content (AvgIpc) is 2.89. The average molecular weight is 439 g/mol. The van der Waals surface area contributed by atoms with Gasteiger partial charge in [0.25, 0.3) is 5.91 Å². The quantitative estimate of drug-likeness (QED) is 0.387. The van der Waals surface area contributed by atoms with E-state index >= 15 is 0 Å². The molecule has 1 aromatic rings. The van der Waals surface area contributed by atoms with Crippen molar-refractivity contribution in [2.45, 2.75) is 31.9 Å². The minimum Gasteiger partial charge on any atom is -0.481 e. The number of thiocarbonyl (C=S) groups is 1. The summed E-state index contributed by atoms with van der Waals surface area (Å²) in [7, 11) is 0. The Labute approximate surface area is 174 Å². The fraction of sp³-hybridized carbons (Fsp3) is 0.278. The van der Waals surface area contributed by atoms with E-state index in [1.807, 2.05) is 0 Å². The number of carbonyl (C=O) groups excluding carboxylic acids is 1. The third-order valence-corrected chi connectivity index (χ3v) is 5.20. The lowest BCUT2D eigenvalue weighted by Crippen LogP contribution is -2.44. The van der Waals surface area contributed by atoms with Gasteiger partial charge in [-0.3, -0.25) is 14.5 Å². The predicted octanol–water partition coefficient (Wildman–Crippen LogP) is 2.06. The summed E-state index contributed by atoms with van der Waals surface area (Å²) in [6.45, 7) is 1.38. The maximum Gasteiger partial charge on any atom is 0.344 e. The molecule has 2 rings (SSSR count). The zero-order chi connectivity index (χ0) is 21.7. The maximum absolute atomic E-state index is 12.7. The second-order valence-electron chi connectivity index (χ2n) is 6.01. The van der Waals surface area contributed by atoms with Crippen LogP contribution in [0.1, 0.15) is 25.3 Å². The molecule has 1 heterocycles. The van der Waals surface area contributed by atoms with Crippen molar-refractivity contribution in [2.24, 2.45) is 0 Å². The van der Waals surface area contributed by atoms with E-state index in [9.17, 15) is 24.3 Å². The van der Waals surface area contributed by atoms with Crippen molar-refractivity contribution >= 4 is 58.2 Å². The molecule has 1 aliphatic rings. The Hall–Kier alpha value is -2.92. The standard InChI is InChI=1S/C18H17NO8S2/c1-9(16(23)24)27-11-4-2-3-10(7-11)8-13-15(22)19(18(28)29-13)12(17(25)26)5-6-14(20)21/h2-4,7-9,12H,5-6H2,1H3,(H,20,21)(H,23,24)(H,25,26)/b13-8-. The number of thioether (sulfide) groups is 1. The van der Waals surface area contributed by atoms with Crippen molar-refractivity contribution in [1.82, 2.24) is 4.90 Å². The molecule has 2 atom stereocenters. The van der Waals surface area contributed by atoms with E-state index < -0.39 is 42.4 Å². The summed E-state index contributed by atoms with van der Waals surface area (Å²) in [6.07, 6.45) is -0.281. The van der Waals surface area contributed by atoms with Crippen molar-refractivity contribution < 1.29 is 39.2 Å². The molecule has 0 bridgehead atoms. The van der Waals surface area contributed by atoms with Crippen LogP contribution in [0.25, 0.3) is 6.08 Å². The molecule has 0 aromatic heterocycles. The van der Waals surface area contributed by atoms with Crippen LogP contribution in [0.4, 0.5) is 0 Å². The molecular formula is C18H17NO8S2. The van der Waals surface area contributed by atoms with E-state index in [2.05, 4.69) is 0 Å². The summed E-state index contributed by atoms with van der Waals surface area (Å²) in [5.41, 5.74) is 0.526. The normalized spacial score (nSPS) is 17.3. The van der Waals surface area contributed by atoms with Gasteiger partial charge in [0, 0.05) is 6.42 Å². The molecule has 2 unspecified atom stereocenters. The number of hydrogen-bond acceptors (Lipinski definition) is 7. The minimum absolute atomic E-state index is 0.0194. The zero-order valence-electron chi connectivity index (χ0n) is 15.1. The van der Waals surface area contributed by atoms with Crippen LogP contribution in [0, 0.1) is 0 Å². The molecule has 29 heavy (non-hydrogen) atoms. The number of carbonyl (C=O) groups is 4. The van der Waals surface area contributed by atoms with E-state index in [1.54, 1.807) is 18.2 Å². The van der Waals surface area contributed by atoms with Crippen molar-refractivity contribution in [3.05, 3.63) is 34.7 Å². The molecule has 1 saturated heterocycles. The van der Waals surface area contributed by atoms with Crippen molar-refractivity contribution in [3.8, 4) is 5.75 Å². The Kier molecular flexibility index (Phi) is 7.35. The van der Waals surface area contributed by atoms with Gasteiger partial charge in [-0.05, 0) is 37.1 Å². The van der Waals surface area contributed by atoms with Crippen LogP contribution < -0.4 is 4.74 Å². The van der Waals surface area contributed by atoms with Crippen LogP contribution in [-0.2, 0) is 19.2 Å². The van der Waals surface area contributed by atoms with Crippen molar-refractivity contribution in [3.63, 3.8) is 0 Å². The molecule has 1 fully saturated rings. The first-order valence-corrected chi connectivity index (χ1v) is 9.53. The molecule has 1 aliphatic heterocycles. The van der Waals surface area contributed by atoms with Gasteiger partial charge < -0.3 is 20.1 Å². The Morgan fingerprint density at radius 3 is 2.52 bits per heavy atom. The molecule has 0 spiro atoms. The SMILES string of the molecule is CC(Oc1cccc(/C=C2\SC(=S)N(C(CCC(=O)O)C(=O)O)C2=O)c1)C(=O)O. The van der Waals surface area contributed by atoms with Crippen LogP contribution in [0.2, 0.25) is 0 Å². The number of ether oxygens (including phenoxy) is 1. The number of hydrogen-bond donors (Lipinski definition) is 3. The van der Waals surface area contributed by atoms with Crippen LogP contribution in [0.5, 0.6) is 5.75 Å². The molecule has 9 nitrogen and oxygen atoms in total. The van der Waals surface area contributed by atoms with Crippen LogP contribution >= 0.6 is 24.0 Å². The third-order valence-electron chi connectivity index (χ3n) is 3.87. The first-order chi connectivity index (χ1) is 13.6. The molecule has 0 radical (unpaired) electrons. The van der Waals surface area contributed by atoms with E-state index in [4.69, 9.17) is 27.2 Å². The summed E-state index contributed by atoms with van der Waals surface area (Å²) in [5.74, 6) is -4.00. The molecule has 0 aliphatic carbocycles. The summed E-state index contributed by atoms with van der Waals surface area (Å²) < 4.78 is 5.30. The van der Waals surface area contributed by atoms with Gasteiger partial charge in [0.15, 0.2) is 6.10 Å². The summed E-state index contributed by atoms with van der Waals surface area (Å²) in [4.78, 5) is 47.0. The highest BCUT2D eigenvalue weighted by Gasteiger charge is 2.40. The smallest absolute Gasteiger partial charge is 0.344 e. The number of rotatable bonds is 9. The minimum atomic E-state index is -1.38. The number of amides is 1. The highest BCUT2D eigenvalue weighted by Crippen LogP contribution is 2.35. The van der Waals surface area contributed by atoms with E-state index in [0.29, 0.717) is 5.56 Å². The summed E-state index contributed by atoms with van der Waals surface area (Å²) >= 11 is 6.03. The van der Waals surface area contributed by atoms with E-state index in [0.717, 1.165) is 16.7 Å². The molecule has 154 valence electrons. The number of carboxylic acid groups (broad SMARTS) is 3. The topological polar surface area (TPSA) is 141 Å². The van der Waals surface area contributed by atoms with Gasteiger partial charge in [0.2, 0.25) is 0 Å². The predicted molar refractivity (Wildman–Crippen MR) is 107 cm³/mol. The van der Waals surface area contributed by atoms with Crippen molar-refractivity contribution in [1.29, 1.82) is 0 Å². The number of aliphatic carboxylic acids is 3. The van der Waals surface area contributed by atoms with Gasteiger partial charge in [-0.15, -0.1) is 0 Å². The van der Waals surface area contributed by atoms with Crippen LogP contribution in [0.3, 0.4) is 0 Å². The van der Waals surface area contributed by atoms with Crippen LogP contribution in [0.15, 0.2) is 29.2 Å². The van der Waals surface area contributed by atoms with E-state index in [1.165, 1.54) is 19.1 Å². The second kappa shape index (κ2) is 9.52. The number of carboxylic acids is 3. The number of nitrogens with zero attached hydrogens (tertiary/aromatic N) is 1. The van der Waals surface area contributed by atoms with Gasteiger partial charge in [0.1, 0.15) is 16.1 Å². The molecule has 1 aromatic carbocycles. The fourth-order valence-corrected chi connectivity index (χ4v) is 3.81. The Bertz CT molecular complexity index is 898. The lowest BCUT2D eigenvalue weighted by Gasteiger charge is -2.22. The largest absolute Gasteiger partial charge is 0.481 e. The Morgan fingerprint density at radius 2 is 1.93 bits per heavy atom. The van der Waals surface area contributed by atoms with Gasteiger partial charge >= 0.3 is 17.9 Å². The van der Waals surface area contributed by atoms with Crippen LogP contribution in [-0.4, -0.2) is 60.5 Å². The van der Waals surface area contributed by atoms with Gasteiger partial charge in [0.05, 0.1) is 4.91 Å². The zero-order valence-corrected chi connectivity index (χ0v) is 16.7. The van der Waals surface area contributed by atoms with Gasteiger partial charge in [-0.1, -0.05) is 36.1 Å². The van der Waals surface area contributed by atoms with Gasteiger partial charge in [-0.25, -0.2) is 9.59 Å². The monoisotopic (exact) mass is 439 g/mol. The third kappa shape index (κ3) is 5.78. The Morgan fingerprint density at radius 1 is 1.24 bits per heavy atom. The maximum atomic E-state index is 12.7. The molecule has 3 N–H and O–H groups in total. The highest BCUT2D eigenvalue weighted by atomic mass is 32.2. The summed E-state index contributed by atoms with van der Waals surface area (Å²) in [5, 5.41) is 27.1. The van der Waals surface area contributed by atoms with Gasteiger partial charge in [-0.2, -0.15) is 0 Å². The lowest BCUT2D eigenvalue weighted by molar-refractivity contribution is -0.146. The molecule has 1 amide bonds. The van der Waals surface area contributed by atoms with E-state index in [-0.39, 0.29) is 21.4 Å². The highest BCUT2D eigenvalue weighted by molar-refractivity contribution is 8.26. The lowest BCUT2D eigenvalue weighted by atomic mass is 10.1. The van der Waals surface area contributed by atoms with Crippen molar-refractivity contribution in [2.75, 3.05) is 0 Å².